The summed E-state index contributed by atoms with van der Waals surface area (Å²) in [5.74, 6) is 0.116. The van der Waals surface area contributed by atoms with Crippen molar-refractivity contribution in [2.24, 2.45) is 5.92 Å². The van der Waals surface area contributed by atoms with Crippen molar-refractivity contribution in [3.8, 4) is 0 Å². The molecule has 0 spiro atoms. The molecule has 1 unspecified atom stereocenters. The van der Waals surface area contributed by atoms with Crippen LogP contribution in [0.1, 0.15) is 45.6 Å². The molecule has 0 saturated carbocycles. The fraction of sp³-hybridized carbons (Fsp3) is 0.550. The summed E-state index contributed by atoms with van der Waals surface area (Å²) < 4.78 is 6.78. The molecule has 2 atom stereocenters. The lowest BCUT2D eigenvalue weighted by Gasteiger charge is -2.46. The highest BCUT2D eigenvalue weighted by Crippen LogP contribution is 2.46. The third-order valence-electron chi connectivity index (χ3n) is 5.44. The van der Waals surface area contributed by atoms with Crippen molar-refractivity contribution in [2.45, 2.75) is 63.8 Å². The number of benzene rings is 1. The van der Waals surface area contributed by atoms with Crippen LogP contribution < -0.4 is 0 Å². The Hall–Kier alpha value is -1.19. The molecule has 1 aromatic carbocycles. The zero-order chi connectivity index (χ0) is 17.1. The molecule has 0 bridgehead atoms. The Morgan fingerprint density at radius 2 is 1.83 bits per heavy atom. The van der Waals surface area contributed by atoms with Gasteiger partial charge in [-0.3, -0.25) is 4.79 Å². The van der Waals surface area contributed by atoms with Gasteiger partial charge in [-0.05, 0) is 43.0 Å². The second-order valence-corrected chi connectivity index (χ2v) is 12.8. The average molecular weight is 331 g/mol. The highest BCUT2D eigenvalue weighted by molar-refractivity contribution is 6.74. The lowest BCUT2D eigenvalue weighted by Crippen LogP contribution is -2.52. The molecular weight excluding hydrogens is 300 g/mol. The second kappa shape index (κ2) is 6.74. The molecule has 0 N–H and O–H groups in total. The predicted molar refractivity (Wildman–Crippen MR) is 98.9 cm³/mol. The minimum atomic E-state index is -2.09. The molecule has 2 rings (SSSR count). The Morgan fingerprint density at radius 1 is 1.17 bits per heavy atom. The van der Waals surface area contributed by atoms with Gasteiger partial charge in [-0.2, -0.15) is 0 Å². The number of rotatable bonds is 5. The first-order chi connectivity index (χ1) is 10.7. The Bertz CT molecular complexity index is 557. The standard InChI is InChI=1S/C20H30O2Si/c1-19(2,3)23(4,5)22-20(16-21,17-12-8-6-9-13-17)18-14-10-7-11-15-18/h6,8-10,12-14,16,18H,7,11,15H2,1-5H3/t18?,20-/m1/s1. The van der Waals surface area contributed by atoms with Crippen LogP contribution >= 0.6 is 0 Å². The normalized spacial score (nSPS) is 21.7. The van der Waals surface area contributed by atoms with E-state index in [0.29, 0.717) is 0 Å². The van der Waals surface area contributed by atoms with E-state index in [9.17, 15) is 4.79 Å². The number of allylic oxidation sites excluding steroid dienone is 1. The zero-order valence-electron chi connectivity index (χ0n) is 15.1. The van der Waals surface area contributed by atoms with E-state index in [0.717, 1.165) is 31.1 Å². The van der Waals surface area contributed by atoms with Crippen LogP contribution in [-0.4, -0.2) is 14.6 Å². The van der Waals surface area contributed by atoms with Crippen LogP contribution in [0.25, 0.3) is 0 Å². The van der Waals surface area contributed by atoms with Crippen molar-refractivity contribution in [3.05, 3.63) is 48.0 Å². The van der Waals surface area contributed by atoms with Gasteiger partial charge < -0.3 is 4.43 Å². The largest absolute Gasteiger partial charge is 0.400 e. The molecule has 23 heavy (non-hydrogen) atoms. The molecule has 126 valence electrons. The van der Waals surface area contributed by atoms with Crippen molar-refractivity contribution in [1.82, 2.24) is 0 Å². The summed E-state index contributed by atoms with van der Waals surface area (Å²) in [5.41, 5.74) is 0.123. The van der Waals surface area contributed by atoms with E-state index >= 15 is 0 Å². The average Bonchev–Trinajstić information content (AvgIpc) is 2.53. The molecule has 0 aliphatic heterocycles. The molecule has 0 heterocycles. The molecule has 0 fully saturated rings. The summed E-state index contributed by atoms with van der Waals surface area (Å²) >= 11 is 0. The summed E-state index contributed by atoms with van der Waals surface area (Å²) in [7, 11) is -2.09. The van der Waals surface area contributed by atoms with Crippen LogP contribution in [0.2, 0.25) is 18.1 Å². The number of carbonyl (C=O) groups excluding carboxylic acids is 1. The van der Waals surface area contributed by atoms with Gasteiger partial charge in [0, 0.05) is 5.92 Å². The molecule has 0 aromatic heterocycles. The Labute approximate surface area is 142 Å². The maximum Gasteiger partial charge on any atom is 0.193 e. The van der Waals surface area contributed by atoms with Gasteiger partial charge in [0.15, 0.2) is 14.6 Å². The maximum absolute atomic E-state index is 12.4. The molecule has 1 aliphatic rings. The van der Waals surface area contributed by atoms with E-state index < -0.39 is 13.9 Å². The van der Waals surface area contributed by atoms with Gasteiger partial charge in [-0.1, -0.05) is 63.3 Å². The minimum Gasteiger partial charge on any atom is -0.400 e. The highest BCUT2D eigenvalue weighted by atomic mass is 28.4. The van der Waals surface area contributed by atoms with Gasteiger partial charge in [-0.25, -0.2) is 0 Å². The van der Waals surface area contributed by atoms with E-state index in [4.69, 9.17) is 4.43 Å². The fourth-order valence-electron chi connectivity index (χ4n) is 2.97. The lowest BCUT2D eigenvalue weighted by atomic mass is 9.77. The quantitative estimate of drug-likeness (QED) is 0.407. The van der Waals surface area contributed by atoms with Gasteiger partial charge in [0.2, 0.25) is 0 Å². The molecule has 3 heteroatoms. The van der Waals surface area contributed by atoms with Crippen molar-refractivity contribution < 1.29 is 9.22 Å². The van der Waals surface area contributed by atoms with Crippen molar-refractivity contribution in [2.75, 3.05) is 0 Å². The first kappa shape index (κ1) is 18.1. The third kappa shape index (κ3) is 3.67. The van der Waals surface area contributed by atoms with Crippen LogP contribution in [0.15, 0.2) is 42.5 Å². The molecule has 1 aliphatic carbocycles. The first-order valence-electron chi connectivity index (χ1n) is 8.62. The predicted octanol–water partition coefficient (Wildman–Crippen LogP) is 5.46. The summed E-state index contributed by atoms with van der Waals surface area (Å²) in [6.07, 6.45) is 8.66. The van der Waals surface area contributed by atoms with Gasteiger partial charge in [0.25, 0.3) is 0 Å². The van der Waals surface area contributed by atoms with E-state index in [1.807, 2.05) is 30.3 Å². The smallest absolute Gasteiger partial charge is 0.193 e. The summed E-state index contributed by atoms with van der Waals surface area (Å²) in [6, 6.07) is 10.0. The van der Waals surface area contributed by atoms with Gasteiger partial charge in [0.05, 0.1) is 0 Å². The molecule has 0 saturated heterocycles. The molecule has 2 nitrogen and oxygen atoms in total. The highest BCUT2D eigenvalue weighted by Gasteiger charge is 2.49. The van der Waals surface area contributed by atoms with Crippen LogP contribution in [0.5, 0.6) is 0 Å². The number of hydrogen-bond donors (Lipinski definition) is 0. The van der Waals surface area contributed by atoms with E-state index in [1.54, 1.807) is 0 Å². The summed E-state index contributed by atoms with van der Waals surface area (Å²) in [5, 5.41) is 0.0639. The molecular formula is C20H30O2Si. The van der Waals surface area contributed by atoms with Gasteiger partial charge >= 0.3 is 0 Å². The van der Waals surface area contributed by atoms with E-state index in [1.165, 1.54) is 0 Å². The molecule has 1 aromatic rings. The van der Waals surface area contributed by atoms with Gasteiger partial charge in [-0.15, -0.1) is 0 Å². The fourth-order valence-corrected chi connectivity index (χ4v) is 4.44. The Morgan fingerprint density at radius 3 is 2.30 bits per heavy atom. The van der Waals surface area contributed by atoms with Crippen molar-refractivity contribution >= 4 is 14.6 Å². The van der Waals surface area contributed by atoms with E-state index in [-0.39, 0.29) is 11.0 Å². The Balaban J connectivity index is 2.52. The summed E-state index contributed by atoms with van der Waals surface area (Å²) in [4.78, 5) is 12.4. The minimum absolute atomic E-state index is 0.0639. The molecule has 0 radical (unpaired) electrons. The second-order valence-electron chi connectivity index (χ2n) is 8.10. The number of hydrogen-bond acceptors (Lipinski definition) is 2. The third-order valence-corrected chi connectivity index (χ3v) is 9.90. The molecule has 0 amide bonds. The van der Waals surface area contributed by atoms with Crippen LogP contribution in [0.4, 0.5) is 0 Å². The summed E-state index contributed by atoms with van der Waals surface area (Å²) in [6.45, 7) is 11.1. The number of aldehydes is 1. The SMILES string of the molecule is CC(C)(C)[Si](C)(C)O[C@](C=O)(c1ccccc1)C1C=CCCC1. The van der Waals surface area contributed by atoms with Crippen molar-refractivity contribution in [1.29, 1.82) is 0 Å². The van der Waals surface area contributed by atoms with E-state index in [2.05, 4.69) is 46.0 Å². The lowest BCUT2D eigenvalue weighted by molar-refractivity contribution is -0.127. The van der Waals surface area contributed by atoms with Crippen LogP contribution in [0.3, 0.4) is 0 Å². The zero-order valence-corrected chi connectivity index (χ0v) is 16.1. The van der Waals surface area contributed by atoms with Crippen molar-refractivity contribution in [3.63, 3.8) is 0 Å². The number of carbonyl (C=O) groups is 1. The topological polar surface area (TPSA) is 26.3 Å². The van der Waals surface area contributed by atoms with Gasteiger partial charge in [0.1, 0.15) is 5.60 Å². The Kier molecular flexibility index (Phi) is 5.32. The first-order valence-corrected chi connectivity index (χ1v) is 11.5. The monoisotopic (exact) mass is 330 g/mol. The van der Waals surface area contributed by atoms with Crippen LogP contribution in [0, 0.1) is 5.92 Å². The maximum atomic E-state index is 12.4. The van der Waals surface area contributed by atoms with Crippen LogP contribution in [-0.2, 0) is 14.8 Å².